The SMILES string of the molecule is CC1(C)OC2CCCC(OCCCS(=O)(=O)O)C2O1. The lowest BCUT2D eigenvalue weighted by Gasteiger charge is -2.31. The number of rotatable bonds is 5. The molecule has 3 atom stereocenters. The first-order valence-electron chi connectivity index (χ1n) is 6.69. The van der Waals surface area contributed by atoms with E-state index in [0.717, 1.165) is 19.3 Å². The summed E-state index contributed by atoms with van der Waals surface area (Å²) in [7, 11) is -3.90. The van der Waals surface area contributed by atoms with Gasteiger partial charge in [-0.3, -0.25) is 4.55 Å². The lowest BCUT2D eigenvalue weighted by atomic mass is 9.92. The first-order chi connectivity index (χ1) is 8.77. The second-order valence-electron chi connectivity index (χ2n) is 5.62. The smallest absolute Gasteiger partial charge is 0.264 e. The van der Waals surface area contributed by atoms with Gasteiger partial charge in [0.05, 0.1) is 18.0 Å². The summed E-state index contributed by atoms with van der Waals surface area (Å²) < 4.78 is 47.2. The highest BCUT2D eigenvalue weighted by molar-refractivity contribution is 7.85. The Hall–Kier alpha value is -0.210. The van der Waals surface area contributed by atoms with Crippen LogP contribution in [0.25, 0.3) is 0 Å². The molecule has 1 N–H and O–H groups in total. The highest BCUT2D eigenvalue weighted by Gasteiger charge is 2.47. The summed E-state index contributed by atoms with van der Waals surface area (Å²) in [4.78, 5) is 0. The summed E-state index contributed by atoms with van der Waals surface area (Å²) in [5.74, 6) is -0.841. The Morgan fingerprint density at radius 3 is 2.74 bits per heavy atom. The van der Waals surface area contributed by atoms with E-state index in [9.17, 15) is 8.42 Å². The largest absolute Gasteiger partial charge is 0.375 e. The van der Waals surface area contributed by atoms with Crippen LogP contribution in [0.15, 0.2) is 0 Å². The van der Waals surface area contributed by atoms with Gasteiger partial charge in [0, 0.05) is 6.61 Å². The van der Waals surface area contributed by atoms with E-state index in [1.807, 2.05) is 13.8 Å². The molecular formula is C12H22O6S. The molecule has 0 bridgehead atoms. The Kier molecular flexibility index (Phi) is 4.52. The second-order valence-corrected chi connectivity index (χ2v) is 7.19. The number of ether oxygens (including phenoxy) is 3. The fourth-order valence-corrected chi connectivity index (χ4v) is 3.22. The lowest BCUT2D eigenvalue weighted by Crippen LogP contribution is -2.41. The van der Waals surface area contributed by atoms with Gasteiger partial charge in [-0.25, -0.2) is 0 Å². The maximum Gasteiger partial charge on any atom is 0.264 e. The van der Waals surface area contributed by atoms with Crippen molar-refractivity contribution in [3.05, 3.63) is 0 Å². The van der Waals surface area contributed by atoms with Crippen molar-refractivity contribution in [1.82, 2.24) is 0 Å². The molecule has 7 heteroatoms. The van der Waals surface area contributed by atoms with Crippen LogP contribution in [0, 0.1) is 0 Å². The molecule has 1 aliphatic carbocycles. The van der Waals surface area contributed by atoms with Crippen LogP contribution in [-0.2, 0) is 24.3 Å². The Labute approximate surface area is 114 Å². The van der Waals surface area contributed by atoms with Gasteiger partial charge in [0.15, 0.2) is 5.79 Å². The Morgan fingerprint density at radius 1 is 1.32 bits per heavy atom. The zero-order chi connectivity index (χ0) is 14.1. The van der Waals surface area contributed by atoms with Crippen LogP contribution in [-0.4, -0.2) is 49.4 Å². The van der Waals surface area contributed by atoms with Crippen LogP contribution in [0.2, 0.25) is 0 Å². The molecule has 2 fully saturated rings. The molecule has 0 aromatic heterocycles. The Balaban J connectivity index is 1.80. The predicted octanol–water partition coefficient (Wildman–Crippen LogP) is 1.35. The van der Waals surface area contributed by atoms with Crippen molar-refractivity contribution in [1.29, 1.82) is 0 Å². The quantitative estimate of drug-likeness (QED) is 0.609. The lowest BCUT2D eigenvalue weighted by molar-refractivity contribution is -0.157. The normalized spacial score (nSPS) is 34.2. The fourth-order valence-electron chi connectivity index (χ4n) is 2.74. The summed E-state index contributed by atoms with van der Waals surface area (Å²) in [6, 6.07) is 0. The van der Waals surface area contributed by atoms with Gasteiger partial charge in [-0.2, -0.15) is 8.42 Å². The van der Waals surface area contributed by atoms with Gasteiger partial charge in [0.2, 0.25) is 0 Å². The first-order valence-corrected chi connectivity index (χ1v) is 8.30. The van der Waals surface area contributed by atoms with E-state index in [0.29, 0.717) is 6.61 Å². The van der Waals surface area contributed by atoms with Gasteiger partial charge >= 0.3 is 0 Å². The van der Waals surface area contributed by atoms with E-state index in [4.69, 9.17) is 18.8 Å². The average Bonchev–Trinajstić information content (AvgIpc) is 2.57. The molecule has 2 rings (SSSR count). The van der Waals surface area contributed by atoms with Crippen LogP contribution < -0.4 is 0 Å². The van der Waals surface area contributed by atoms with Crippen LogP contribution in [0.4, 0.5) is 0 Å². The molecule has 0 spiro atoms. The number of hydrogen-bond donors (Lipinski definition) is 1. The van der Waals surface area contributed by atoms with E-state index >= 15 is 0 Å². The van der Waals surface area contributed by atoms with Crippen molar-refractivity contribution < 1.29 is 27.2 Å². The Bertz CT molecular complexity index is 404. The summed E-state index contributed by atoms with van der Waals surface area (Å²) in [5, 5.41) is 0. The summed E-state index contributed by atoms with van der Waals surface area (Å²) in [5.41, 5.74) is 0. The fraction of sp³-hybridized carbons (Fsp3) is 1.00. The van der Waals surface area contributed by atoms with Crippen LogP contribution in [0.5, 0.6) is 0 Å². The van der Waals surface area contributed by atoms with E-state index in [1.54, 1.807) is 0 Å². The molecule has 0 amide bonds. The number of hydrogen-bond acceptors (Lipinski definition) is 5. The van der Waals surface area contributed by atoms with Crippen LogP contribution >= 0.6 is 0 Å². The van der Waals surface area contributed by atoms with Gasteiger partial charge in [-0.1, -0.05) is 0 Å². The highest BCUT2D eigenvalue weighted by atomic mass is 32.2. The van der Waals surface area contributed by atoms with E-state index < -0.39 is 15.9 Å². The third kappa shape index (κ3) is 4.39. The molecule has 0 radical (unpaired) electrons. The van der Waals surface area contributed by atoms with Crippen molar-refractivity contribution in [3.63, 3.8) is 0 Å². The van der Waals surface area contributed by atoms with E-state index in [-0.39, 0.29) is 30.5 Å². The predicted molar refractivity (Wildman–Crippen MR) is 68.4 cm³/mol. The van der Waals surface area contributed by atoms with Crippen LogP contribution in [0.3, 0.4) is 0 Å². The average molecular weight is 294 g/mol. The highest BCUT2D eigenvalue weighted by Crippen LogP contribution is 2.37. The van der Waals surface area contributed by atoms with Gasteiger partial charge < -0.3 is 14.2 Å². The molecule has 112 valence electrons. The van der Waals surface area contributed by atoms with Crippen molar-refractivity contribution in [3.8, 4) is 0 Å². The van der Waals surface area contributed by atoms with Crippen LogP contribution in [0.1, 0.15) is 39.5 Å². The molecule has 1 aliphatic heterocycles. The minimum Gasteiger partial charge on any atom is -0.375 e. The maximum atomic E-state index is 10.6. The molecule has 0 aromatic carbocycles. The Morgan fingerprint density at radius 2 is 2.05 bits per heavy atom. The molecule has 1 saturated carbocycles. The monoisotopic (exact) mass is 294 g/mol. The van der Waals surface area contributed by atoms with Crippen molar-refractivity contribution in [2.75, 3.05) is 12.4 Å². The third-order valence-corrected chi connectivity index (χ3v) is 4.25. The summed E-state index contributed by atoms with van der Waals surface area (Å²) in [6.45, 7) is 4.08. The van der Waals surface area contributed by atoms with Gasteiger partial charge in [-0.15, -0.1) is 0 Å². The maximum absolute atomic E-state index is 10.6. The zero-order valence-electron chi connectivity index (χ0n) is 11.4. The molecule has 3 unspecified atom stereocenters. The van der Waals surface area contributed by atoms with Crippen molar-refractivity contribution in [2.24, 2.45) is 0 Å². The third-order valence-electron chi connectivity index (χ3n) is 3.44. The first kappa shape index (κ1) is 15.2. The molecule has 1 heterocycles. The molecule has 6 nitrogen and oxygen atoms in total. The second kappa shape index (κ2) is 5.65. The van der Waals surface area contributed by atoms with E-state index in [2.05, 4.69) is 0 Å². The minimum atomic E-state index is -3.90. The standard InChI is InChI=1S/C12H22O6S/c1-12(2)17-10-6-3-5-9(11(10)18-12)16-7-4-8-19(13,14)15/h9-11H,3-8H2,1-2H3,(H,13,14,15). The zero-order valence-corrected chi connectivity index (χ0v) is 12.2. The van der Waals surface area contributed by atoms with Gasteiger partial charge in [-0.05, 0) is 39.5 Å². The molecular weight excluding hydrogens is 272 g/mol. The van der Waals surface area contributed by atoms with Crippen molar-refractivity contribution >= 4 is 10.1 Å². The molecule has 1 saturated heterocycles. The molecule has 19 heavy (non-hydrogen) atoms. The molecule has 2 aliphatic rings. The molecule has 0 aromatic rings. The summed E-state index contributed by atoms with van der Waals surface area (Å²) in [6.07, 6.45) is 3.11. The summed E-state index contributed by atoms with van der Waals surface area (Å²) >= 11 is 0. The minimum absolute atomic E-state index is 0.0538. The van der Waals surface area contributed by atoms with Gasteiger partial charge in [0.25, 0.3) is 10.1 Å². The van der Waals surface area contributed by atoms with E-state index in [1.165, 1.54) is 0 Å². The topological polar surface area (TPSA) is 82.1 Å². The van der Waals surface area contributed by atoms with Gasteiger partial charge in [0.1, 0.15) is 6.10 Å². The van der Waals surface area contributed by atoms with Crippen molar-refractivity contribution in [2.45, 2.75) is 63.6 Å². The number of fused-ring (bicyclic) bond motifs is 1.